The van der Waals surface area contributed by atoms with Crippen molar-refractivity contribution in [2.45, 2.75) is 0 Å². The highest BCUT2D eigenvalue weighted by Crippen LogP contribution is 2.44. The van der Waals surface area contributed by atoms with Crippen LogP contribution in [0.5, 0.6) is 11.5 Å². The molecule has 0 saturated carbocycles. The standard InChI is InChI=1S/C21H17N3O3/c1-26-17-10-16(23)19(20(25)14-6-3-5-13(9-14)11-22)21(27-2)18(17)15-7-4-8-24-12-15/h3-10,12H,23H2,1-2H3. The third-order valence-electron chi connectivity index (χ3n) is 4.13. The number of hydrogen-bond donors (Lipinski definition) is 1. The lowest BCUT2D eigenvalue weighted by Crippen LogP contribution is -2.10. The van der Waals surface area contributed by atoms with E-state index in [2.05, 4.69) is 4.98 Å². The zero-order valence-electron chi connectivity index (χ0n) is 14.9. The smallest absolute Gasteiger partial charge is 0.198 e. The summed E-state index contributed by atoms with van der Waals surface area (Å²) in [5.41, 5.74) is 8.66. The van der Waals surface area contributed by atoms with E-state index in [9.17, 15) is 4.79 Å². The molecule has 0 spiro atoms. The Hall–Kier alpha value is -3.85. The number of hydrogen-bond acceptors (Lipinski definition) is 6. The Morgan fingerprint density at radius 1 is 1.15 bits per heavy atom. The topological polar surface area (TPSA) is 98.2 Å². The van der Waals surface area contributed by atoms with Gasteiger partial charge in [0.15, 0.2) is 5.78 Å². The summed E-state index contributed by atoms with van der Waals surface area (Å²) < 4.78 is 11.0. The zero-order chi connectivity index (χ0) is 19.4. The number of nitrogens with two attached hydrogens (primary N) is 1. The number of carbonyl (C=O) groups is 1. The molecule has 0 atom stereocenters. The van der Waals surface area contributed by atoms with Gasteiger partial charge in [0.2, 0.25) is 0 Å². The minimum Gasteiger partial charge on any atom is -0.496 e. The number of nitriles is 1. The van der Waals surface area contributed by atoms with Gasteiger partial charge in [-0.1, -0.05) is 18.2 Å². The van der Waals surface area contributed by atoms with Crippen LogP contribution in [0, 0.1) is 11.3 Å². The highest BCUT2D eigenvalue weighted by molar-refractivity contribution is 6.15. The number of aromatic nitrogens is 1. The van der Waals surface area contributed by atoms with Crippen LogP contribution in [-0.2, 0) is 0 Å². The van der Waals surface area contributed by atoms with Gasteiger partial charge < -0.3 is 15.2 Å². The highest BCUT2D eigenvalue weighted by atomic mass is 16.5. The fourth-order valence-electron chi connectivity index (χ4n) is 2.91. The fourth-order valence-corrected chi connectivity index (χ4v) is 2.91. The van der Waals surface area contributed by atoms with Crippen molar-refractivity contribution in [2.75, 3.05) is 20.0 Å². The Morgan fingerprint density at radius 2 is 1.96 bits per heavy atom. The average molecular weight is 359 g/mol. The number of rotatable bonds is 5. The molecule has 0 bridgehead atoms. The van der Waals surface area contributed by atoms with Gasteiger partial charge in [-0.2, -0.15) is 5.26 Å². The maximum atomic E-state index is 13.2. The number of ether oxygens (including phenoxy) is 2. The monoisotopic (exact) mass is 359 g/mol. The van der Waals surface area contributed by atoms with E-state index >= 15 is 0 Å². The van der Waals surface area contributed by atoms with Crippen LogP contribution in [0.25, 0.3) is 11.1 Å². The van der Waals surface area contributed by atoms with Gasteiger partial charge >= 0.3 is 0 Å². The largest absolute Gasteiger partial charge is 0.496 e. The molecular weight excluding hydrogens is 342 g/mol. The normalized spacial score (nSPS) is 10.1. The predicted molar refractivity (Wildman–Crippen MR) is 102 cm³/mol. The van der Waals surface area contributed by atoms with Crippen LogP contribution >= 0.6 is 0 Å². The minimum atomic E-state index is -0.339. The molecule has 1 aromatic heterocycles. The number of anilines is 1. The van der Waals surface area contributed by atoms with Crippen molar-refractivity contribution < 1.29 is 14.3 Å². The molecule has 0 radical (unpaired) electrons. The van der Waals surface area contributed by atoms with Gasteiger partial charge in [-0.25, -0.2) is 0 Å². The summed E-state index contributed by atoms with van der Waals surface area (Å²) in [4.78, 5) is 17.3. The van der Waals surface area contributed by atoms with Gasteiger partial charge in [-0.05, 0) is 18.2 Å². The van der Waals surface area contributed by atoms with E-state index in [1.54, 1.807) is 42.7 Å². The van der Waals surface area contributed by atoms with Gasteiger partial charge in [0.05, 0.1) is 42.7 Å². The predicted octanol–water partition coefficient (Wildman–Crippen LogP) is 3.45. The third kappa shape index (κ3) is 3.31. The Bertz CT molecular complexity index is 1040. The van der Waals surface area contributed by atoms with E-state index in [1.165, 1.54) is 20.3 Å². The summed E-state index contributed by atoms with van der Waals surface area (Å²) in [7, 11) is 2.99. The summed E-state index contributed by atoms with van der Waals surface area (Å²) in [5.74, 6) is 0.432. The number of benzene rings is 2. The second-order valence-corrected chi connectivity index (χ2v) is 5.71. The first-order valence-corrected chi connectivity index (χ1v) is 8.10. The van der Waals surface area contributed by atoms with E-state index in [1.807, 2.05) is 12.1 Å². The van der Waals surface area contributed by atoms with Crippen LogP contribution in [-0.4, -0.2) is 25.0 Å². The van der Waals surface area contributed by atoms with Crippen LogP contribution in [0.2, 0.25) is 0 Å². The van der Waals surface area contributed by atoms with Crippen molar-refractivity contribution in [1.29, 1.82) is 5.26 Å². The molecule has 0 amide bonds. The molecule has 27 heavy (non-hydrogen) atoms. The van der Waals surface area contributed by atoms with Crippen molar-refractivity contribution in [3.8, 4) is 28.7 Å². The molecule has 3 rings (SSSR count). The molecular formula is C21H17N3O3. The lowest BCUT2D eigenvalue weighted by atomic mass is 9.94. The van der Waals surface area contributed by atoms with E-state index < -0.39 is 0 Å². The summed E-state index contributed by atoms with van der Waals surface area (Å²) in [6.45, 7) is 0. The number of nitrogen functional groups attached to an aromatic ring is 1. The second kappa shape index (κ2) is 7.58. The van der Waals surface area contributed by atoms with Crippen LogP contribution in [0.4, 0.5) is 5.69 Å². The molecule has 2 N–H and O–H groups in total. The first-order valence-electron chi connectivity index (χ1n) is 8.10. The summed E-state index contributed by atoms with van der Waals surface area (Å²) in [5, 5.41) is 9.10. The number of pyridine rings is 1. The molecule has 6 nitrogen and oxygen atoms in total. The molecule has 3 aromatic rings. The lowest BCUT2D eigenvalue weighted by Gasteiger charge is -2.18. The number of carbonyl (C=O) groups excluding carboxylic acids is 1. The number of methoxy groups -OCH3 is 2. The van der Waals surface area contributed by atoms with Gasteiger partial charge in [0.1, 0.15) is 11.5 Å². The Morgan fingerprint density at radius 3 is 2.59 bits per heavy atom. The maximum absolute atomic E-state index is 13.2. The molecule has 0 aliphatic heterocycles. The van der Waals surface area contributed by atoms with E-state index in [-0.39, 0.29) is 17.0 Å². The van der Waals surface area contributed by atoms with E-state index in [4.69, 9.17) is 20.5 Å². The zero-order valence-corrected chi connectivity index (χ0v) is 14.9. The van der Waals surface area contributed by atoms with Gasteiger partial charge in [-0.3, -0.25) is 9.78 Å². The molecule has 1 heterocycles. The number of ketones is 1. The quantitative estimate of drug-likeness (QED) is 0.553. The molecule has 0 aliphatic rings. The van der Waals surface area contributed by atoms with Crippen molar-refractivity contribution in [1.82, 2.24) is 4.98 Å². The summed E-state index contributed by atoms with van der Waals surface area (Å²) in [6, 6.07) is 13.7. The molecule has 6 heteroatoms. The van der Waals surface area contributed by atoms with Gasteiger partial charge in [0, 0.05) is 29.6 Å². The first-order chi connectivity index (χ1) is 13.1. The SMILES string of the molecule is COc1cc(N)c(C(=O)c2cccc(C#N)c2)c(OC)c1-c1cccnc1. The Balaban J connectivity index is 2.27. The minimum absolute atomic E-state index is 0.215. The Kier molecular flexibility index (Phi) is 5.04. The van der Waals surface area contributed by atoms with Crippen molar-refractivity contribution in [2.24, 2.45) is 0 Å². The summed E-state index contributed by atoms with van der Waals surface area (Å²) >= 11 is 0. The van der Waals surface area contributed by atoms with Crippen LogP contribution < -0.4 is 15.2 Å². The molecule has 0 saturated heterocycles. The van der Waals surface area contributed by atoms with Crippen molar-refractivity contribution >= 4 is 11.5 Å². The highest BCUT2D eigenvalue weighted by Gasteiger charge is 2.25. The molecule has 134 valence electrons. The van der Waals surface area contributed by atoms with Gasteiger partial charge in [0.25, 0.3) is 0 Å². The molecule has 0 fully saturated rings. The van der Waals surface area contributed by atoms with Crippen LogP contribution in [0.15, 0.2) is 54.9 Å². The van der Waals surface area contributed by atoms with Gasteiger partial charge in [-0.15, -0.1) is 0 Å². The third-order valence-corrected chi connectivity index (χ3v) is 4.13. The fraction of sp³-hybridized carbons (Fsp3) is 0.0952. The van der Waals surface area contributed by atoms with Crippen LogP contribution in [0.3, 0.4) is 0 Å². The first kappa shape index (κ1) is 18.0. The van der Waals surface area contributed by atoms with Crippen LogP contribution in [0.1, 0.15) is 21.5 Å². The second-order valence-electron chi connectivity index (χ2n) is 5.71. The molecule has 0 aliphatic carbocycles. The van der Waals surface area contributed by atoms with Crippen molar-refractivity contribution in [3.63, 3.8) is 0 Å². The summed E-state index contributed by atoms with van der Waals surface area (Å²) in [6.07, 6.45) is 3.31. The number of nitrogens with zero attached hydrogens (tertiary/aromatic N) is 2. The van der Waals surface area contributed by atoms with E-state index in [0.717, 1.165) is 5.56 Å². The average Bonchev–Trinajstić information content (AvgIpc) is 2.72. The van der Waals surface area contributed by atoms with Crippen molar-refractivity contribution in [3.05, 3.63) is 71.5 Å². The molecule has 2 aromatic carbocycles. The maximum Gasteiger partial charge on any atom is 0.198 e. The Labute approximate surface area is 156 Å². The van der Waals surface area contributed by atoms with E-state index in [0.29, 0.717) is 28.2 Å². The lowest BCUT2D eigenvalue weighted by molar-refractivity contribution is 0.103. The molecule has 0 unspecified atom stereocenters.